The van der Waals surface area contributed by atoms with Gasteiger partial charge in [0, 0.05) is 18.8 Å². The highest BCUT2D eigenvalue weighted by atomic mass is 19.4. The molecule has 2 heterocycles. The monoisotopic (exact) mass is 457 g/mol. The minimum absolute atomic E-state index is 0.395. The Labute approximate surface area is 188 Å². The number of nitrogens with one attached hydrogen (secondary N) is 2. The number of alkyl halides is 3. The second-order valence-corrected chi connectivity index (χ2v) is 7.62. The van der Waals surface area contributed by atoms with Gasteiger partial charge in [-0.25, -0.2) is 0 Å². The third-order valence-electron chi connectivity index (χ3n) is 5.47. The van der Waals surface area contributed by atoms with Crippen LogP contribution in [0.1, 0.15) is 33.2 Å². The van der Waals surface area contributed by atoms with Gasteiger partial charge in [-0.1, -0.05) is 42.5 Å². The van der Waals surface area contributed by atoms with Crippen molar-refractivity contribution in [2.24, 2.45) is 0 Å². The molecule has 1 saturated heterocycles. The summed E-state index contributed by atoms with van der Waals surface area (Å²) in [6.45, 7) is 2.89. The summed E-state index contributed by atoms with van der Waals surface area (Å²) in [7, 11) is 0. The lowest BCUT2D eigenvalue weighted by molar-refractivity contribution is -0.141. The average molecular weight is 457 g/mol. The van der Waals surface area contributed by atoms with Crippen molar-refractivity contribution in [3.8, 4) is 0 Å². The molecule has 1 unspecified atom stereocenters. The van der Waals surface area contributed by atoms with Gasteiger partial charge < -0.3 is 19.9 Å². The smallest absolute Gasteiger partial charge is 0.378 e. The number of H-pyrrole nitrogens is 1. The van der Waals surface area contributed by atoms with E-state index >= 15 is 0 Å². The molecular weight excluding hydrogens is 435 g/mol. The van der Waals surface area contributed by atoms with E-state index in [0.29, 0.717) is 19.3 Å². The molecule has 4 rings (SSSR count). The van der Waals surface area contributed by atoms with E-state index in [-0.39, 0.29) is 0 Å². The normalized spacial score (nSPS) is 15.2. The molecule has 0 spiro atoms. The number of halogens is 3. The van der Waals surface area contributed by atoms with Crippen LogP contribution in [0.3, 0.4) is 0 Å². The summed E-state index contributed by atoms with van der Waals surface area (Å²) in [5.74, 6) is -0.768. The number of hydrogen-bond donors (Lipinski definition) is 2. The molecule has 0 radical (unpaired) electrons. The van der Waals surface area contributed by atoms with Crippen molar-refractivity contribution in [1.29, 1.82) is 0 Å². The van der Waals surface area contributed by atoms with Crippen molar-refractivity contribution < 1.29 is 22.7 Å². The lowest BCUT2D eigenvalue weighted by atomic mass is 9.98. The van der Waals surface area contributed by atoms with Gasteiger partial charge >= 0.3 is 6.18 Å². The number of rotatable bonds is 5. The first-order valence-corrected chi connectivity index (χ1v) is 10.4. The van der Waals surface area contributed by atoms with Crippen LogP contribution in [-0.2, 0) is 10.9 Å². The summed E-state index contributed by atoms with van der Waals surface area (Å²) >= 11 is 0. The molecule has 1 aromatic heterocycles. The predicted octanol–water partition coefficient (Wildman–Crippen LogP) is 3.75. The molecule has 3 aromatic rings. The molecule has 9 heteroatoms. The Balaban J connectivity index is 1.61. The van der Waals surface area contributed by atoms with E-state index in [9.17, 15) is 22.8 Å². The predicted molar refractivity (Wildman–Crippen MR) is 117 cm³/mol. The fourth-order valence-corrected chi connectivity index (χ4v) is 3.73. The zero-order valence-electron chi connectivity index (χ0n) is 17.6. The van der Waals surface area contributed by atoms with Crippen molar-refractivity contribution >= 4 is 11.6 Å². The number of ether oxygens (including phenoxy) is 1. The molecule has 1 atom stereocenters. The van der Waals surface area contributed by atoms with Gasteiger partial charge in [0.25, 0.3) is 11.5 Å². The van der Waals surface area contributed by atoms with Crippen molar-refractivity contribution in [1.82, 2.24) is 10.3 Å². The standard InChI is InChI=1S/C24H22F3N3O3/c25-24(26,27)20-11-10-19(22(31)28-20)23(32)29-21(16-4-2-1-3-5-16)17-6-8-18(9-7-17)30-12-14-33-15-13-30/h1-11,21H,12-15H2,(H,28,31)(H,29,32). The molecule has 2 N–H and O–H groups in total. The molecule has 0 aliphatic carbocycles. The third kappa shape index (κ3) is 5.25. The summed E-state index contributed by atoms with van der Waals surface area (Å²) in [6.07, 6.45) is -4.71. The third-order valence-corrected chi connectivity index (χ3v) is 5.47. The summed E-state index contributed by atoms with van der Waals surface area (Å²) in [6, 6.07) is 17.8. The first-order chi connectivity index (χ1) is 15.8. The number of amides is 1. The fourth-order valence-electron chi connectivity index (χ4n) is 3.73. The average Bonchev–Trinajstić information content (AvgIpc) is 2.83. The molecular formula is C24H22F3N3O3. The van der Waals surface area contributed by atoms with E-state index in [1.165, 1.54) is 0 Å². The van der Waals surface area contributed by atoms with Gasteiger partial charge in [0.05, 0.1) is 19.3 Å². The van der Waals surface area contributed by atoms with Crippen LogP contribution in [0.5, 0.6) is 0 Å². The Bertz CT molecular complexity index is 1160. The maximum Gasteiger partial charge on any atom is 0.431 e. The van der Waals surface area contributed by atoms with Crippen molar-refractivity contribution in [2.75, 3.05) is 31.2 Å². The van der Waals surface area contributed by atoms with E-state index in [4.69, 9.17) is 4.74 Å². The number of anilines is 1. The number of carbonyl (C=O) groups excluding carboxylic acids is 1. The first-order valence-electron chi connectivity index (χ1n) is 10.4. The van der Waals surface area contributed by atoms with Gasteiger partial charge in [-0.2, -0.15) is 13.2 Å². The second-order valence-electron chi connectivity index (χ2n) is 7.62. The van der Waals surface area contributed by atoms with Crippen LogP contribution in [0.2, 0.25) is 0 Å². The number of aromatic amines is 1. The van der Waals surface area contributed by atoms with Gasteiger partial charge in [0.1, 0.15) is 11.3 Å². The molecule has 6 nitrogen and oxygen atoms in total. The largest absolute Gasteiger partial charge is 0.431 e. The van der Waals surface area contributed by atoms with Crippen LogP contribution in [0.15, 0.2) is 71.5 Å². The summed E-state index contributed by atoms with van der Waals surface area (Å²) < 4.78 is 43.9. The lowest BCUT2D eigenvalue weighted by Gasteiger charge is -2.29. The topological polar surface area (TPSA) is 74.4 Å². The van der Waals surface area contributed by atoms with Crippen molar-refractivity contribution in [2.45, 2.75) is 12.2 Å². The first kappa shape index (κ1) is 22.6. The Morgan fingerprint density at radius 2 is 1.58 bits per heavy atom. The van der Waals surface area contributed by atoms with E-state index in [1.54, 1.807) is 4.98 Å². The Kier molecular flexibility index (Phi) is 6.50. The van der Waals surface area contributed by atoms with Gasteiger partial charge in [0.15, 0.2) is 0 Å². The van der Waals surface area contributed by atoms with Crippen LogP contribution in [0.25, 0.3) is 0 Å². The molecule has 0 saturated carbocycles. The maximum atomic E-state index is 12.9. The number of benzene rings is 2. The summed E-state index contributed by atoms with van der Waals surface area (Å²) in [5.41, 5.74) is -0.129. The maximum absolute atomic E-state index is 12.9. The van der Waals surface area contributed by atoms with Crippen LogP contribution < -0.4 is 15.8 Å². The Morgan fingerprint density at radius 1 is 0.939 bits per heavy atom. The van der Waals surface area contributed by atoms with E-state index in [1.807, 2.05) is 54.6 Å². The number of nitrogens with zero attached hydrogens (tertiary/aromatic N) is 1. The van der Waals surface area contributed by atoms with Crippen molar-refractivity contribution in [3.05, 3.63) is 99.5 Å². The highest BCUT2D eigenvalue weighted by Gasteiger charge is 2.32. The molecule has 33 heavy (non-hydrogen) atoms. The van der Waals surface area contributed by atoms with Gasteiger partial charge in [0.2, 0.25) is 0 Å². The number of hydrogen-bond acceptors (Lipinski definition) is 4. The van der Waals surface area contributed by atoms with Gasteiger partial charge in [-0.3, -0.25) is 9.59 Å². The fraction of sp³-hybridized carbons (Fsp3) is 0.250. The quantitative estimate of drug-likeness (QED) is 0.612. The van der Waals surface area contributed by atoms with Gasteiger partial charge in [-0.05, 0) is 35.4 Å². The zero-order chi connectivity index (χ0) is 23.4. The molecule has 1 aliphatic heterocycles. The molecule has 2 aromatic carbocycles. The van der Waals surface area contributed by atoms with Crippen LogP contribution in [0.4, 0.5) is 18.9 Å². The van der Waals surface area contributed by atoms with E-state index < -0.39 is 34.9 Å². The van der Waals surface area contributed by atoms with Crippen molar-refractivity contribution in [3.63, 3.8) is 0 Å². The van der Waals surface area contributed by atoms with Crippen LogP contribution in [0, 0.1) is 0 Å². The Hall–Kier alpha value is -3.59. The number of pyridine rings is 1. The minimum Gasteiger partial charge on any atom is -0.378 e. The minimum atomic E-state index is -4.71. The molecule has 1 amide bonds. The highest BCUT2D eigenvalue weighted by Crippen LogP contribution is 2.27. The number of morpholine rings is 1. The lowest BCUT2D eigenvalue weighted by Crippen LogP contribution is -2.36. The number of carbonyl (C=O) groups is 1. The van der Waals surface area contributed by atoms with Crippen LogP contribution in [-0.4, -0.2) is 37.2 Å². The molecule has 0 bridgehead atoms. The number of aromatic nitrogens is 1. The van der Waals surface area contributed by atoms with Crippen LogP contribution >= 0.6 is 0 Å². The summed E-state index contributed by atoms with van der Waals surface area (Å²) in [5, 5.41) is 2.79. The Morgan fingerprint density at radius 3 is 2.18 bits per heavy atom. The molecule has 1 aliphatic rings. The van der Waals surface area contributed by atoms with E-state index in [2.05, 4.69) is 10.2 Å². The highest BCUT2D eigenvalue weighted by molar-refractivity contribution is 5.94. The SMILES string of the molecule is O=C(NC(c1ccccc1)c1ccc(N2CCOCC2)cc1)c1ccc(C(F)(F)F)[nH]c1=O. The molecule has 172 valence electrons. The zero-order valence-corrected chi connectivity index (χ0v) is 17.6. The second kappa shape index (κ2) is 9.50. The van der Waals surface area contributed by atoms with E-state index in [0.717, 1.165) is 36.0 Å². The summed E-state index contributed by atoms with van der Waals surface area (Å²) in [4.78, 5) is 29.0. The van der Waals surface area contributed by atoms with Gasteiger partial charge in [-0.15, -0.1) is 0 Å². The molecule has 1 fully saturated rings.